The van der Waals surface area contributed by atoms with Gasteiger partial charge in [-0.2, -0.15) is 5.10 Å². The standard InChI is InChI=1S/C20H24N6O4/c1-3-25-15(7-11(2)24-25)19(29)23-20-22-14-8-12(18(21)28)9-16-17(14)26(20)13(10-27)5-4-6-30-16/h7-9,13,27H,3-6,10H2,1-2H3,(H2,21,28)(H,22,23,29). The molecule has 3 aromatic rings. The number of nitrogens with zero attached hydrogens (tertiary/aromatic N) is 4. The predicted octanol–water partition coefficient (Wildman–Crippen LogP) is 1.62. The number of amides is 2. The lowest BCUT2D eigenvalue weighted by molar-refractivity contribution is 0.0995. The lowest BCUT2D eigenvalue weighted by Gasteiger charge is -2.23. The van der Waals surface area contributed by atoms with Crippen LogP contribution in [0.25, 0.3) is 11.0 Å². The molecule has 0 saturated heterocycles. The van der Waals surface area contributed by atoms with Gasteiger partial charge in [-0.1, -0.05) is 0 Å². The third-order valence-electron chi connectivity index (χ3n) is 5.21. The van der Waals surface area contributed by atoms with Crippen molar-refractivity contribution in [2.45, 2.75) is 39.3 Å². The van der Waals surface area contributed by atoms with Gasteiger partial charge in [0.1, 0.15) is 17.0 Å². The van der Waals surface area contributed by atoms with Crippen molar-refractivity contribution in [3.05, 3.63) is 35.2 Å². The van der Waals surface area contributed by atoms with Crippen molar-refractivity contribution in [3.8, 4) is 5.75 Å². The van der Waals surface area contributed by atoms with Crippen LogP contribution < -0.4 is 15.8 Å². The quantitative estimate of drug-likeness (QED) is 0.582. The van der Waals surface area contributed by atoms with Gasteiger partial charge in [-0.15, -0.1) is 0 Å². The Morgan fingerprint density at radius 3 is 2.87 bits per heavy atom. The van der Waals surface area contributed by atoms with Gasteiger partial charge in [0.2, 0.25) is 11.9 Å². The van der Waals surface area contributed by atoms with E-state index in [2.05, 4.69) is 15.4 Å². The number of nitrogens with one attached hydrogen (secondary N) is 1. The van der Waals surface area contributed by atoms with Crippen LogP contribution in [-0.2, 0) is 6.54 Å². The molecular weight excluding hydrogens is 388 g/mol. The number of primary amides is 1. The first-order valence-corrected chi connectivity index (χ1v) is 9.88. The number of aryl methyl sites for hydroxylation is 2. The number of carbonyl (C=O) groups excluding carboxylic acids is 2. The second-order valence-corrected chi connectivity index (χ2v) is 7.28. The van der Waals surface area contributed by atoms with Crippen LogP contribution in [-0.4, -0.2) is 49.5 Å². The fraction of sp³-hybridized carbons (Fsp3) is 0.400. The van der Waals surface area contributed by atoms with Gasteiger partial charge in [-0.3, -0.25) is 19.6 Å². The molecule has 0 radical (unpaired) electrons. The molecule has 10 nitrogen and oxygen atoms in total. The molecular formula is C20H24N6O4. The van der Waals surface area contributed by atoms with E-state index in [1.165, 1.54) is 0 Å². The fourth-order valence-corrected chi connectivity index (χ4v) is 3.83. The maximum absolute atomic E-state index is 13.0. The molecule has 0 spiro atoms. The van der Waals surface area contributed by atoms with E-state index >= 15 is 0 Å². The summed E-state index contributed by atoms with van der Waals surface area (Å²) in [5, 5.41) is 17.2. The molecule has 1 unspecified atom stereocenters. The molecule has 4 rings (SSSR count). The molecule has 1 aliphatic rings. The van der Waals surface area contributed by atoms with Gasteiger partial charge < -0.3 is 20.1 Å². The molecule has 30 heavy (non-hydrogen) atoms. The third-order valence-corrected chi connectivity index (χ3v) is 5.21. The number of hydrogen-bond donors (Lipinski definition) is 3. The van der Waals surface area contributed by atoms with Gasteiger partial charge in [-0.25, -0.2) is 4.98 Å². The average Bonchev–Trinajstić information content (AvgIpc) is 3.25. The Kier molecular flexibility index (Phi) is 5.17. The molecule has 10 heteroatoms. The second kappa shape index (κ2) is 7.79. The van der Waals surface area contributed by atoms with Gasteiger partial charge in [0.05, 0.1) is 30.5 Å². The number of ether oxygens (including phenoxy) is 1. The highest BCUT2D eigenvalue weighted by atomic mass is 16.5. The number of imidazole rings is 1. The Morgan fingerprint density at radius 1 is 1.37 bits per heavy atom. The van der Waals surface area contributed by atoms with Gasteiger partial charge in [0.15, 0.2) is 0 Å². The molecule has 0 fully saturated rings. The summed E-state index contributed by atoms with van der Waals surface area (Å²) in [6, 6.07) is 4.54. The molecule has 2 aromatic heterocycles. The number of anilines is 1. The van der Waals surface area contributed by atoms with E-state index in [9.17, 15) is 14.7 Å². The first kappa shape index (κ1) is 19.9. The van der Waals surface area contributed by atoms with E-state index < -0.39 is 5.91 Å². The monoisotopic (exact) mass is 412 g/mol. The van der Waals surface area contributed by atoms with Crippen LogP contribution in [0.4, 0.5) is 5.95 Å². The summed E-state index contributed by atoms with van der Waals surface area (Å²) in [5.74, 6) is -0.244. The van der Waals surface area contributed by atoms with Gasteiger partial charge in [0, 0.05) is 12.1 Å². The van der Waals surface area contributed by atoms with Crippen molar-refractivity contribution >= 4 is 28.8 Å². The summed E-state index contributed by atoms with van der Waals surface area (Å²) < 4.78 is 9.23. The predicted molar refractivity (Wildman–Crippen MR) is 110 cm³/mol. The summed E-state index contributed by atoms with van der Waals surface area (Å²) in [5.41, 5.74) is 7.93. The van der Waals surface area contributed by atoms with E-state index in [0.717, 1.165) is 5.69 Å². The maximum atomic E-state index is 13.0. The third kappa shape index (κ3) is 3.39. The van der Waals surface area contributed by atoms with Gasteiger partial charge in [-0.05, 0) is 44.9 Å². The highest BCUT2D eigenvalue weighted by molar-refractivity contribution is 6.04. The lowest BCUT2D eigenvalue weighted by atomic mass is 10.1. The SMILES string of the molecule is CCn1nc(C)cc1C(=O)Nc1nc2cc(C(N)=O)cc3c2n1C(CO)CCCO3. The van der Waals surface area contributed by atoms with E-state index in [1.807, 2.05) is 13.8 Å². The number of hydrogen-bond acceptors (Lipinski definition) is 6. The van der Waals surface area contributed by atoms with Crippen molar-refractivity contribution in [2.75, 3.05) is 18.5 Å². The molecule has 158 valence electrons. The Bertz CT molecular complexity index is 1130. The number of aliphatic hydroxyl groups excluding tert-OH is 1. The largest absolute Gasteiger partial charge is 0.491 e. The lowest BCUT2D eigenvalue weighted by Crippen LogP contribution is -2.23. The normalized spacial score (nSPS) is 16.0. The first-order valence-electron chi connectivity index (χ1n) is 9.88. The zero-order valence-electron chi connectivity index (χ0n) is 16.9. The molecule has 2 amide bonds. The maximum Gasteiger partial charge on any atom is 0.276 e. The van der Waals surface area contributed by atoms with Crippen LogP contribution in [0.3, 0.4) is 0 Å². The summed E-state index contributed by atoms with van der Waals surface area (Å²) in [6.07, 6.45) is 1.34. The number of nitrogens with two attached hydrogens (primary N) is 1. The van der Waals surface area contributed by atoms with Crippen molar-refractivity contribution in [2.24, 2.45) is 5.73 Å². The van der Waals surface area contributed by atoms with Crippen molar-refractivity contribution in [3.63, 3.8) is 0 Å². The fourth-order valence-electron chi connectivity index (χ4n) is 3.83. The van der Waals surface area contributed by atoms with Crippen LogP contribution in [0.5, 0.6) is 5.75 Å². The molecule has 0 bridgehead atoms. The Hall–Kier alpha value is -3.40. The number of carbonyl (C=O) groups is 2. The zero-order chi connectivity index (χ0) is 21.4. The molecule has 1 atom stereocenters. The van der Waals surface area contributed by atoms with E-state index in [1.54, 1.807) is 27.4 Å². The molecule has 1 aliphatic heterocycles. The topological polar surface area (TPSA) is 137 Å². The highest BCUT2D eigenvalue weighted by Gasteiger charge is 2.26. The molecule has 1 aromatic carbocycles. The number of benzene rings is 1. The van der Waals surface area contributed by atoms with Gasteiger partial charge in [0.25, 0.3) is 5.91 Å². The molecule has 3 heterocycles. The Balaban J connectivity index is 1.86. The number of aromatic nitrogens is 4. The Morgan fingerprint density at radius 2 is 2.17 bits per heavy atom. The Labute approximate surface area is 172 Å². The summed E-state index contributed by atoms with van der Waals surface area (Å²) in [6.45, 7) is 4.58. The van der Waals surface area contributed by atoms with Crippen molar-refractivity contribution in [1.29, 1.82) is 0 Å². The second-order valence-electron chi connectivity index (χ2n) is 7.28. The number of aliphatic hydroxyl groups is 1. The van der Waals surface area contributed by atoms with Crippen LogP contribution >= 0.6 is 0 Å². The number of rotatable bonds is 5. The summed E-state index contributed by atoms with van der Waals surface area (Å²) in [4.78, 5) is 29.3. The molecule has 0 aliphatic carbocycles. The summed E-state index contributed by atoms with van der Waals surface area (Å²) >= 11 is 0. The summed E-state index contributed by atoms with van der Waals surface area (Å²) in [7, 11) is 0. The van der Waals surface area contributed by atoms with Crippen molar-refractivity contribution < 1.29 is 19.4 Å². The minimum Gasteiger partial charge on any atom is -0.491 e. The van der Waals surface area contributed by atoms with Crippen LogP contribution in [0.1, 0.15) is 52.3 Å². The minimum absolute atomic E-state index is 0.128. The van der Waals surface area contributed by atoms with Gasteiger partial charge >= 0.3 is 0 Å². The highest BCUT2D eigenvalue weighted by Crippen LogP contribution is 2.36. The van der Waals surface area contributed by atoms with Crippen LogP contribution in [0.2, 0.25) is 0 Å². The van der Waals surface area contributed by atoms with Crippen LogP contribution in [0.15, 0.2) is 18.2 Å². The average molecular weight is 412 g/mol. The molecule has 4 N–H and O–H groups in total. The molecule has 0 saturated carbocycles. The van der Waals surface area contributed by atoms with Crippen LogP contribution in [0, 0.1) is 6.92 Å². The van der Waals surface area contributed by atoms with Crippen molar-refractivity contribution in [1.82, 2.24) is 19.3 Å². The smallest absolute Gasteiger partial charge is 0.276 e. The zero-order valence-corrected chi connectivity index (χ0v) is 16.9. The minimum atomic E-state index is -0.597. The first-order chi connectivity index (χ1) is 14.4. The van der Waals surface area contributed by atoms with E-state index in [4.69, 9.17) is 10.5 Å². The van der Waals surface area contributed by atoms with E-state index in [-0.39, 0.29) is 30.1 Å². The van der Waals surface area contributed by atoms with E-state index in [0.29, 0.717) is 48.5 Å².